The molecule has 0 saturated carbocycles. The first-order valence-electron chi connectivity index (χ1n) is 11.1. The molecule has 12 nitrogen and oxygen atoms in total. The number of amides is 4. The number of hydrogen-bond donors (Lipinski definition) is 2. The highest BCUT2D eigenvalue weighted by Crippen LogP contribution is 2.33. The molecule has 4 amide bonds. The van der Waals surface area contributed by atoms with Crippen molar-refractivity contribution in [2.75, 3.05) is 29.3 Å². The van der Waals surface area contributed by atoms with E-state index in [9.17, 15) is 32.9 Å². The third-order valence-electron chi connectivity index (χ3n) is 5.41. The van der Waals surface area contributed by atoms with Crippen molar-refractivity contribution >= 4 is 45.0 Å². The normalized spacial score (nSPS) is 18.6. The van der Waals surface area contributed by atoms with Crippen molar-refractivity contribution in [2.45, 2.75) is 58.3 Å². The van der Waals surface area contributed by atoms with E-state index < -0.39 is 63.1 Å². The fourth-order valence-electron chi connectivity index (χ4n) is 3.49. The summed E-state index contributed by atoms with van der Waals surface area (Å²) in [6.07, 6.45) is 0.154. The smallest absolute Gasteiger partial charge is 0.410 e. The van der Waals surface area contributed by atoms with Crippen LogP contribution in [0.15, 0.2) is 18.2 Å². The number of hydrogen-bond acceptors (Lipinski definition) is 8. The number of nitriles is 1. The lowest BCUT2D eigenvalue weighted by Crippen LogP contribution is -2.59. The van der Waals surface area contributed by atoms with Gasteiger partial charge >= 0.3 is 6.09 Å². The van der Waals surface area contributed by atoms with Crippen molar-refractivity contribution in [3.63, 3.8) is 0 Å². The molecule has 0 fully saturated rings. The fraction of sp³-hybridized carbons (Fsp3) is 0.522. The molecule has 1 aromatic carbocycles. The van der Waals surface area contributed by atoms with Crippen LogP contribution in [0.1, 0.15) is 40.2 Å². The van der Waals surface area contributed by atoms with E-state index in [2.05, 4.69) is 10.6 Å². The van der Waals surface area contributed by atoms with Gasteiger partial charge in [-0.2, -0.15) is 5.26 Å². The zero-order valence-corrected chi connectivity index (χ0v) is 22.1. The standard InChI is InChI=1S/C23H31N5O7S/c1-13-19(26-20(30)14(2)27(6)22(32)35-23(3,4)5)21(31)25-16-9-8-15(11-24)10-17(16)28(13)18(29)12-36(7,33)34/h8-10,13-14,19H,12H2,1-7H3,(H,25,31)(H,26,30)/t13-,14-,19-/m0/s1. The predicted molar refractivity (Wildman–Crippen MR) is 132 cm³/mol. The average Bonchev–Trinajstić information content (AvgIpc) is 2.83. The number of anilines is 2. The lowest BCUT2D eigenvalue weighted by molar-refractivity contribution is -0.130. The minimum atomic E-state index is -3.74. The molecule has 3 atom stereocenters. The summed E-state index contributed by atoms with van der Waals surface area (Å²) in [6.45, 7) is 7.95. The Balaban J connectivity index is 2.41. The van der Waals surface area contributed by atoms with Crippen LogP contribution in [0.5, 0.6) is 0 Å². The lowest BCUT2D eigenvalue weighted by atomic mass is 10.1. The fourth-order valence-corrected chi connectivity index (χ4v) is 4.08. The van der Waals surface area contributed by atoms with Gasteiger partial charge in [-0.05, 0) is 52.8 Å². The summed E-state index contributed by atoms with van der Waals surface area (Å²) in [4.78, 5) is 53.7. The largest absolute Gasteiger partial charge is 0.444 e. The third-order valence-corrected chi connectivity index (χ3v) is 6.18. The van der Waals surface area contributed by atoms with Crippen molar-refractivity contribution in [1.82, 2.24) is 10.2 Å². The van der Waals surface area contributed by atoms with E-state index in [0.29, 0.717) is 0 Å². The van der Waals surface area contributed by atoms with Crippen LogP contribution in [0.4, 0.5) is 16.2 Å². The van der Waals surface area contributed by atoms with Crippen LogP contribution >= 0.6 is 0 Å². The molecule has 0 radical (unpaired) electrons. The molecule has 0 unspecified atom stereocenters. The minimum absolute atomic E-state index is 0.124. The quantitative estimate of drug-likeness (QED) is 0.579. The second-order valence-corrected chi connectivity index (χ2v) is 11.8. The number of sulfone groups is 1. The Kier molecular flexibility index (Phi) is 8.36. The predicted octanol–water partition coefficient (Wildman–Crippen LogP) is 1.02. The Labute approximate surface area is 210 Å². The van der Waals surface area contributed by atoms with Crippen molar-refractivity contribution < 1.29 is 32.3 Å². The van der Waals surface area contributed by atoms with Gasteiger partial charge in [-0.15, -0.1) is 0 Å². The Hall–Kier alpha value is -3.66. The first-order chi connectivity index (χ1) is 16.4. The summed E-state index contributed by atoms with van der Waals surface area (Å²) >= 11 is 0. The van der Waals surface area contributed by atoms with E-state index in [1.165, 1.54) is 39.1 Å². The summed E-state index contributed by atoms with van der Waals surface area (Å²) in [6, 6.07) is 2.75. The molecule has 36 heavy (non-hydrogen) atoms. The average molecular weight is 522 g/mol. The molecular formula is C23H31N5O7S. The molecule has 2 N–H and O–H groups in total. The van der Waals surface area contributed by atoms with Crippen molar-refractivity contribution in [3.05, 3.63) is 23.8 Å². The van der Waals surface area contributed by atoms with Crippen molar-refractivity contribution in [3.8, 4) is 6.07 Å². The molecule has 0 saturated heterocycles. The second-order valence-electron chi connectivity index (χ2n) is 9.66. The van der Waals surface area contributed by atoms with E-state index in [4.69, 9.17) is 4.74 Å². The molecule has 13 heteroatoms. The summed E-state index contributed by atoms with van der Waals surface area (Å²) in [5, 5.41) is 14.5. The van der Waals surface area contributed by atoms with Crippen molar-refractivity contribution in [1.29, 1.82) is 5.26 Å². The first kappa shape index (κ1) is 28.6. The van der Waals surface area contributed by atoms with Gasteiger partial charge in [0.05, 0.1) is 29.0 Å². The van der Waals surface area contributed by atoms with Crippen LogP contribution < -0.4 is 15.5 Å². The van der Waals surface area contributed by atoms with Crippen LogP contribution in [0.2, 0.25) is 0 Å². The number of benzene rings is 1. The maximum Gasteiger partial charge on any atom is 0.410 e. The molecule has 1 aromatic rings. The SMILES string of the molecule is C[C@@H](C(=O)N[C@@H]1C(=O)Nc2ccc(C#N)cc2N(C(=O)CS(C)(=O)=O)[C@H]1C)N(C)C(=O)OC(C)(C)C. The number of rotatable bonds is 5. The van der Waals surface area contributed by atoms with Crippen LogP contribution in [0, 0.1) is 11.3 Å². The Morgan fingerprint density at radius 1 is 1.31 bits per heavy atom. The molecule has 1 aliphatic rings. The van der Waals surface area contributed by atoms with Gasteiger partial charge in [0.15, 0.2) is 9.84 Å². The zero-order valence-electron chi connectivity index (χ0n) is 21.3. The highest BCUT2D eigenvalue weighted by Gasteiger charge is 2.40. The molecular weight excluding hydrogens is 490 g/mol. The third kappa shape index (κ3) is 6.94. The van der Waals surface area contributed by atoms with E-state index >= 15 is 0 Å². The van der Waals surface area contributed by atoms with Gasteiger partial charge in [0.1, 0.15) is 23.4 Å². The van der Waals surface area contributed by atoms with Crippen LogP contribution in [-0.4, -0.2) is 79.9 Å². The highest BCUT2D eigenvalue weighted by atomic mass is 32.2. The molecule has 0 bridgehead atoms. The highest BCUT2D eigenvalue weighted by molar-refractivity contribution is 7.91. The van der Waals surface area contributed by atoms with Crippen LogP contribution in [0.25, 0.3) is 0 Å². The van der Waals surface area contributed by atoms with Crippen molar-refractivity contribution in [2.24, 2.45) is 0 Å². The van der Waals surface area contributed by atoms with E-state index in [1.54, 1.807) is 20.8 Å². The summed E-state index contributed by atoms with van der Waals surface area (Å²) < 4.78 is 29.0. The number of carbonyl (C=O) groups is 4. The molecule has 2 rings (SSSR count). The van der Waals surface area contributed by atoms with Gasteiger partial charge in [0.25, 0.3) is 0 Å². The summed E-state index contributed by atoms with van der Waals surface area (Å²) in [5.74, 6) is -3.05. The maximum atomic E-state index is 13.1. The second kappa shape index (κ2) is 10.5. The van der Waals surface area contributed by atoms with Gasteiger partial charge in [0, 0.05) is 13.3 Å². The Morgan fingerprint density at radius 2 is 1.92 bits per heavy atom. The number of nitrogens with zero attached hydrogens (tertiary/aromatic N) is 3. The molecule has 196 valence electrons. The van der Waals surface area contributed by atoms with Gasteiger partial charge in [0.2, 0.25) is 17.7 Å². The molecule has 1 aliphatic heterocycles. The van der Waals surface area contributed by atoms with E-state index in [0.717, 1.165) is 16.1 Å². The van der Waals surface area contributed by atoms with Gasteiger partial charge in [-0.3, -0.25) is 19.3 Å². The number of carbonyl (C=O) groups excluding carboxylic acids is 4. The number of ether oxygens (including phenoxy) is 1. The van der Waals surface area contributed by atoms with Gasteiger partial charge in [-0.1, -0.05) is 0 Å². The Bertz CT molecular complexity index is 1220. The molecule has 0 aliphatic carbocycles. The van der Waals surface area contributed by atoms with Gasteiger partial charge < -0.3 is 20.3 Å². The Morgan fingerprint density at radius 3 is 2.44 bits per heavy atom. The lowest BCUT2D eigenvalue weighted by Gasteiger charge is -2.33. The number of likely N-dealkylation sites (N-methyl/N-ethyl adjacent to an activating group) is 1. The number of fused-ring (bicyclic) bond motifs is 1. The van der Waals surface area contributed by atoms with E-state index in [1.807, 2.05) is 6.07 Å². The minimum Gasteiger partial charge on any atom is -0.444 e. The first-order valence-corrected chi connectivity index (χ1v) is 13.1. The topological polar surface area (TPSA) is 166 Å². The van der Waals surface area contributed by atoms with Gasteiger partial charge in [-0.25, -0.2) is 13.2 Å². The number of nitrogens with one attached hydrogen (secondary N) is 2. The maximum absolute atomic E-state index is 13.1. The molecule has 0 spiro atoms. The molecule has 1 heterocycles. The molecule has 0 aromatic heterocycles. The summed E-state index contributed by atoms with van der Waals surface area (Å²) in [7, 11) is -2.37. The van der Waals surface area contributed by atoms with Crippen LogP contribution in [-0.2, 0) is 29.0 Å². The summed E-state index contributed by atoms with van der Waals surface area (Å²) in [5.41, 5.74) is -0.309. The van der Waals surface area contributed by atoms with Crippen LogP contribution in [0.3, 0.4) is 0 Å². The zero-order chi connectivity index (χ0) is 27.6. The monoisotopic (exact) mass is 521 g/mol. The van der Waals surface area contributed by atoms with E-state index in [-0.39, 0.29) is 16.9 Å².